The van der Waals surface area contributed by atoms with Crippen LogP contribution < -0.4 is 0 Å². The molecule has 0 bridgehead atoms. The molecule has 0 N–H and O–H groups in total. The highest BCUT2D eigenvalue weighted by Gasteiger charge is 1.76. The lowest BCUT2D eigenvalue weighted by Crippen LogP contribution is -1.59. The zero-order chi connectivity index (χ0) is 6.41. The van der Waals surface area contributed by atoms with Crippen molar-refractivity contribution in [2.24, 2.45) is 0 Å². The third-order valence-electron chi connectivity index (χ3n) is 0.556. The predicted octanol–water partition coefficient (Wildman–Crippen LogP) is 1.27. The summed E-state index contributed by atoms with van der Waals surface area (Å²) in [6.07, 6.45) is 0. The van der Waals surface area contributed by atoms with E-state index in [4.69, 9.17) is 4.79 Å². The molecule has 1 aromatic heterocycles. The largest absolute Gasteiger partial charge is 0.307 e. The van der Waals surface area contributed by atoms with Crippen LogP contribution in [0, 0.1) is 6.92 Å². The Bertz CT molecular complexity index is 127. The molecule has 44 valence electrons. The first kappa shape index (κ1) is 7.30. The summed E-state index contributed by atoms with van der Waals surface area (Å²) >= 11 is 1.63. The summed E-state index contributed by atoms with van der Waals surface area (Å²) in [4.78, 5) is 11.9. The summed E-state index contributed by atoms with van der Waals surface area (Å²) in [5.74, 6) is 0. The Hall–Kier alpha value is -0.700. The van der Waals surface area contributed by atoms with Crippen LogP contribution in [0.3, 0.4) is 0 Å². The van der Waals surface area contributed by atoms with E-state index < -0.39 is 0 Å². The van der Waals surface area contributed by atoms with Gasteiger partial charge in [0.25, 0.3) is 0 Å². The molecule has 0 saturated carbocycles. The van der Waals surface area contributed by atoms with Gasteiger partial charge in [-0.25, -0.2) is 0 Å². The Morgan fingerprint density at radius 1 is 1.75 bits per heavy atom. The lowest BCUT2D eigenvalue weighted by molar-refractivity contribution is -0.0979. The maximum Gasteiger partial charge on any atom is 0.106 e. The van der Waals surface area contributed by atoms with Crippen LogP contribution in [-0.4, -0.2) is 11.8 Å². The quantitative estimate of drug-likeness (QED) is 0.528. The zero-order valence-electron chi connectivity index (χ0n) is 4.63. The highest BCUT2D eigenvalue weighted by atomic mass is 32.1. The first-order chi connectivity index (χ1) is 3.89. The Balaban J connectivity index is 0.000000222. The molecule has 1 aromatic rings. The first-order valence-corrected chi connectivity index (χ1v) is 2.97. The molecular weight excluding hydrogens is 122 g/mol. The summed E-state index contributed by atoms with van der Waals surface area (Å²) in [7, 11) is 0. The van der Waals surface area contributed by atoms with E-state index in [0.717, 1.165) is 5.69 Å². The standard InChI is InChI=1S/C4H5NS.CH2O/c1-4-2-6-3-5-4;1-2/h2-3H,1H3;1H2. The molecule has 1 rings (SSSR count). The van der Waals surface area contributed by atoms with Gasteiger partial charge >= 0.3 is 0 Å². The van der Waals surface area contributed by atoms with Crippen molar-refractivity contribution < 1.29 is 4.79 Å². The van der Waals surface area contributed by atoms with E-state index in [0.29, 0.717) is 0 Å². The monoisotopic (exact) mass is 129 g/mol. The molecular formula is C5H7NOS. The minimum Gasteiger partial charge on any atom is -0.307 e. The van der Waals surface area contributed by atoms with E-state index in [1.165, 1.54) is 0 Å². The fourth-order valence-electron chi connectivity index (χ4n) is 0.273. The van der Waals surface area contributed by atoms with Gasteiger partial charge in [0.15, 0.2) is 0 Å². The summed E-state index contributed by atoms with van der Waals surface area (Å²) in [6.45, 7) is 3.98. The minimum absolute atomic E-state index is 1.11. The van der Waals surface area contributed by atoms with E-state index in [1.807, 2.05) is 24.6 Å². The fourth-order valence-corrected chi connectivity index (χ4v) is 0.819. The molecule has 0 unspecified atom stereocenters. The molecule has 1 heterocycles. The zero-order valence-corrected chi connectivity index (χ0v) is 5.44. The number of aryl methyl sites for hydroxylation is 1. The number of hydrogen-bond donors (Lipinski definition) is 0. The number of rotatable bonds is 0. The molecule has 0 aliphatic carbocycles. The van der Waals surface area contributed by atoms with Crippen LogP contribution in [0.4, 0.5) is 0 Å². The number of carbonyl (C=O) groups excluding carboxylic acids is 1. The molecule has 3 heteroatoms. The van der Waals surface area contributed by atoms with Crippen molar-refractivity contribution >= 4 is 18.1 Å². The van der Waals surface area contributed by atoms with Gasteiger partial charge in [-0.15, -0.1) is 11.3 Å². The second-order valence-electron chi connectivity index (χ2n) is 1.13. The molecule has 0 radical (unpaired) electrons. The molecule has 0 aromatic carbocycles. The predicted molar refractivity (Wildman–Crippen MR) is 34.0 cm³/mol. The molecule has 0 aliphatic rings. The molecule has 0 fully saturated rings. The minimum atomic E-state index is 1.11. The molecule has 0 atom stereocenters. The lowest BCUT2D eigenvalue weighted by Gasteiger charge is -1.64. The van der Waals surface area contributed by atoms with Gasteiger partial charge in [-0.1, -0.05) is 0 Å². The van der Waals surface area contributed by atoms with Crippen molar-refractivity contribution in [3.63, 3.8) is 0 Å². The third-order valence-corrected chi connectivity index (χ3v) is 1.26. The highest BCUT2D eigenvalue weighted by Crippen LogP contribution is 1.95. The number of nitrogens with zero attached hydrogens (tertiary/aromatic N) is 1. The van der Waals surface area contributed by atoms with Gasteiger partial charge in [-0.3, -0.25) is 4.98 Å². The summed E-state index contributed by atoms with van der Waals surface area (Å²) < 4.78 is 0. The van der Waals surface area contributed by atoms with Crippen LogP contribution >= 0.6 is 11.3 Å². The summed E-state index contributed by atoms with van der Waals surface area (Å²) in [6, 6.07) is 0. The summed E-state index contributed by atoms with van der Waals surface area (Å²) in [5.41, 5.74) is 2.94. The van der Waals surface area contributed by atoms with Gasteiger partial charge in [0, 0.05) is 11.1 Å². The Morgan fingerprint density at radius 3 is 2.50 bits per heavy atom. The van der Waals surface area contributed by atoms with Crippen LogP contribution in [0.25, 0.3) is 0 Å². The maximum absolute atomic E-state index is 8.00. The Labute approximate surface area is 52.2 Å². The van der Waals surface area contributed by atoms with E-state index in [2.05, 4.69) is 4.98 Å². The molecule has 0 amide bonds. The number of carbonyl (C=O) groups is 1. The van der Waals surface area contributed by atoms with Crippen molar-refractivity contribution in [1.82, 2.24) is 4.98 Å². The van der Waals surface area contributed by atoms with Gasteiger partial charge in [0.1, 0.15) is 6.79 Å². The van der Waals surface area contributed by atoms with Gasteiger partial charge in [-0.05, 0) is 6.92 Å². The molecule has 0 spiro atoms. The van der Waals surface area contributed by atoms with E-state index >= 15 is 0 Å². The molecule has 0 saturated heterocycles. The SMILES string of the molecule is C=O.Cc1cscn1. The first-order valence-electron chi connectivity index (χ1n) is 2.03. The normalized spacial score (nSPS) is 7.12. The number of thiazole rings is 1. The van der Waals surface area contributed by atoms with Crippen LogP contribution in [0.5, 0.6) is 0 Å². The van der Waals surface area contributed by atoms with Gasteiger partial charge < -0.3 is 4.79 Å². The van der Waals surface area contributed by atoms with Crippen LogP contribution in [0.2, 0.25) is 0 Å². The number of aromatic nitrogens is 1. The number of hydrogen-bond acceptors (Lipinski definition) is 3. The van der Waals surface area contributed by atoms with Crippen molar-refractivity contribution in [2.45, 2.75) is 6.92 Å². The molecule has 2 nitrogen and oxygen atoms in total. The fraction of sp³-hybridized carbons (Fsp3) is 0.200. The van der Waals surface area contributed by atoms with Crippen molar-refractivity contribution in [1.29, 1.82) is 0 Å². The average molecular weight is 129 g/mol. The van der Waals surface area contributed by atoms with E-state index in [1.54, 1.807) is 11.3 Å². The van der Waals surface area contributed by atoms with E-state index in [9.17, 15) is 0 Å². The second kappa shape index (κ2) is 4.46. The summed E-state index contributed by atoms with van der Waals surface area (Å²) in [5, 5.41) is 2.01. The smallest absolute Gasteiger partial charge is 0.106 e. The second-order valence-corrected chi connectivity index (χ2v) is 1.85. The van der Waals surface area contributed by atoms with Gasteiger partial charge in [0.05, 0.1) is 5.51 Å². The highest BCUT2D eigenvalue weighted by molar-refractivity contribution is 7.07. The van der Waals surface area contributed by atoms with Crippen molar-refractivity contribution in [3.8, 4) is 0 Å². The Morgan fingerprint density at radius 2 is 2.38 bits per heavy atom. The van der Waals surface area contributed by atoms with Gasteiger partial charge in [-0.2, -0.15) is 0 Å². The maximum atomic E-state index is 8.00. The van der Waals surface area contributed by atoms with Gasteiger partial charge in [0.2, 0.25) is 0 Å². The average Bonchev–Trinajstić information content (AvgIpc) is 2.24. The van der Waals surface area contributed by atoms with Crippen LogP contribution in [-0.2, 0) is 4.79 Å². The van der Waals surface area contributed by atoms with Crippen LogP contribution in [0.1, 0.15) is 5.69 Å². The topological polar surface area (TPSA) is 30.0 Å². The third kappa shape index (κ3) is 2.47. The van der Waals surface area contributed by atoms with Crippen molar-refractivity contribution in [3.05, 3.63) is 16.6 Å². The molecule has 0 aliphatic heterocycles. The van der Waals surface area contributed by atoms with E-state index in [-0.39, 0.29) is 0 Å². The lowest BCUT2D eigenvalue weighted by atomic mass is 10.6. The molecule has 8 heavy (non-hydrogen) atoms. The van der Waals surface area contributed by atoms with Crippen molar-refractivity contribution in [2.75, 3.05) is 0 Å². The Kier molecular flexibility index (Phi) is 4.07. The van der Waals surface area contributed by atoms with Crippen LogP contribution in [0.15, 0.2) is 10.9 Å².